The molecular formula is C19H28N2O. The van der Waals surface area contributed by atoms with E-state index in [-0.39, 0.29) is 5.91 Å². The fourth-order valence-electron chi connectivity index (χ4n) is 3.82. The molecule has 0 radical (unpaired) electrons. The van der Waals surface area contributed by atoms with Crippen LogP contribution in [0.3, 0.4) is 0 Å². The van der Waals surface area contributed by atoms with Crippen molar-refractivity contribution in [3.8, 4) is 0 Å². The Bertz CT molecular complexity index is 491. The summed E-state index contributed by atoms with van der Waals surface area (Å²) in [7, 11) is 0. The molecule has 2 aliphatic heterocycles. The molecular weight excluding hydrogens is 272 g/mol. The number of aryl methyl sites for hydroxylation is 1. The van der Waals surface area contributed by atoms with Gasteiger partial charge in [0, 0.05) is 24.7 Å². The SMILES string of the molecule is CCCc1ccc(C(=O)N2CCC[C@H]2CN2CCCC2)cc1. The van der Waals surface area contributed by atoms with Gasteiger partial charge in [0.2, 0.25) is 0 Å². The minimum atomic E-state index is 0.227. The van der Waals surface area contributed by atoms with Gasteiger partial charge in [-0.25, -0.2) is 0 Å². The Labute approximate surface area is 134 Å². The van der Waals surface area contributed by atoms with E-state index in [1.165, 1.54) is 31.5 Å². The number of benzene rings is 1. The molecule has 1 atom stereocenters. The highest BCUT2D eigenvalue weighted by Gasteiger charge is 2.31. The summed E-state index contributed by atoms with van der Waals surface area (Å²) in [5.41, 5.74) is 2.18. The van der Waals surface area contributed by atoms with Gasteiger partial charge < -0.3 is 9.80 Å². The van der Waals surface area contributed by atoms with Gasteiger partial charge in [0.1, 0.15) is 0 Å². The first-order valence-electron chi connectivity index (χ1n) is 8.90. The number of carbonyl (C=O) groups excluding carboxylic acids is 1. The van der Waals surface area contributed by atoms with Crippen molar-refractivity contribution >= 4 is 5.91 Å². The van der Waals surface area contributed by atoms with Crippen LogP contribution in [0.4, 0.5) is 0 Å². The Hall–Kier alpha value is -1.35. The molecule has 120 valence electrons. The van der Waals surface area contributed by atoms with Crippen molar-refractivity contribution in [1.29, 1.82) is 0 Å². The zero-order valence-corrected chi connectivity index (χ0v) is 13.8. The summed E-state index contributed by atoms with van der Waals surface area (Å²) in [4.78, 5) is 17.5. The molecule has 1 amide bonds. The van der Waals surface area contributed by atoms with E-state index in [0.29, 0.717) is 6.04 Å². The number of hydrogen-bond acceptors (Lipinski definition) is 2. The third-order valence-electron chi connectivity index (χ3n) is 5.05. The van der Waals surface area contributed by atoms with E-state index in [9.17, 15) is 4.79 Å². The molecule has 2 aliphatic rings. The van der Waals surface area contributed by atoms with Crippen LogP contribution in [0, 0.1) is 0 Å². The second-order valence-electron chi connectivity index (χ2n) is 6.75. The fourth-order valence-corrected chi connectivity index (χ4v) is 3.82. The van der Waals surface area contributed by atoms with Crippen LogP contribution in [-0.2, 0) is 6.42 Å². The van der Waals surface area contributed by atoms with Crippen molar-refractivity contribution in [3.63, 3.8) is 0 Å². The first-order chi connectivity index (χ1) is 10.8. The number of likely N-dealkylation sites (tertiary alicyclic amines) is 2. The maximum Gasteiger partial charge on any atom is 0.254 e. The lowest BCUT2D eigenvalue weighted by Crippen LogP contribution is -2.42. The van der Waals surface area contributed by atoms with Crippen LogP contribution >= 0.6 is 0 Å². The van der Waals surface area contributed by atoms with Crippen LogP contribution in [0.5, 0.6) is 0 Å². The quantitative estimate of drug-likeness (QED) is 0.832. The van der Waals surface area contributed by atoms with Crippen LogP contribution in [0.1, 0.15) is 54.9 Å². The van der Waals surface area contributed by atoms with Gasteiger partial charge in [-0.1, -0.05) is 25.5 Å². The van der Waals surface area contributed by atoms with Crippen LogP contribution in [0.25, 0.3) is 0 Å². The molecule has 2 fully saturated rings. The Morgan fingerprint density at radius 3 is 2.50 bits per heavy atom. The molecule has 0 unspecified atom stereocenters. The average Bonchev–Trinajstić information content (AvgIpc) is 3.20. The predicted molar refractivity (Wildman–Crippen MR) is 90.2 cm³/mol. The van der Waals surface area contributed by atoms with Gasteiger partial charge in [0.25, 0.3) is 5.91 Å². The number of rotatable bonds is 5. The van der Waals surface area contributed by atoms with E-state index in [1.54, 1.807) is 0 Å². The topological polar surface area (TPSA) is 23.6 Å². The molecule has 2 heterocycles. The predicted octanol–water partition coefficient (Wildman–Crippen LogP) is 3.34. The fraction of sp³-hybridized carbons (Fsp3) is 0.632. The molecule has 0 spiro atoms. The van der Waals surface area contributed by atoms with Crippen molar-refractivity contribution in [2.45, 2.75) is 51.5 Å². The van der Waals surface area contributed by atoms with Crippen molar-refractivity contribution in [2.75, 3.05) is 26.2 Å². The Kier molecular flexibility index (Phi) is 5.14. The Morgan fingerprint density at radius 1 is 1.09 bits per heavy atom. The van der Waals surface area contributed by atoms with Gasteiger partial charge in [-0.3, -0.25) is 4.79 Å². The first kappa shape index (κ1) is 15.5. The lowest BCUT2D eigenvalue weighted by Gasteiger charge is -2.28. The molecule has 0 N–H and O–H groups in total. The normalized spacial score (nSPS) is 22.4. The number of nitrogens with zero attached hydrogens (tertiary/aromatic N) is 2. The minimum absolute atomic E-state index is 0.227. The van der Waals surface area contributed by atoms with E-state index in [1.807, 2.05) is 12.1 Å². The molecule has 3 heteroatoms. The molecule has 3 rings (SSSR count). The number of hydrogen-bond donors (Lipinski definition) is 0. The summed E-state index contributed by atoms with van der Waals surface area (Å²) in [6.07, 6.45) is 7.19. The van der Waals surface area contributed by atoms with Gasteiger partial charge in [-0.15, -0.1) is 0 Å². The van der Waals surface area contributed by atoms with E-state index in [4.69, 9.17) is 0 Å². The number of amides is 1. The summed E-state index contributed by atoms with van der Waals surface area (Å²) in [6, 6.07) is 8.67. The van der Waals surface area contributed by atoms with Crippen LogP contribution in [0.15, 0.2) is 24.3 Å². The van der Waals surface area contributed by atoms with E-state index in [2.05, 4.69) is 28.9 Å². The van der Waals surface area contributed by atoms with Crippen LogP contribution < -0.4 is 0 Å². The summed E-state index contributed by atoms with van der Waals surface area (Å²) >= 11 is 0. The Balaban J connectivity index is 1.64. The third-order valence-corrected chi connectivity index (χ3v) is 5.05. The minimum Gasteiger partial charge on any atom is -0.334 e. The summed E-state index contributed by atoms with van der Waals surface area (Å²) < 4.78 is 0. The van der Waals surface area contributed by atoms with Gasteiger partial charge >= 0.3 is 0 Å². The second kappa shape index (κ2) is 7.28. The zero-order chi connectivity index (χ0) is 15.4. The molecule has 3 nitrogen and oxygen atoms in total. The molecule has 0 aliphatic carbocycles. The van der Waals surface area contributed by atoms with E-state index < -0.39 is 0 Å². The monoisotopic (exact) mass is 300 g/mol. The van der Waals surface area contributed by atoms with Crippen LogP contribution in [-0.4, -0.2) is 47.9 Å². The third kappa shape index (κ3) is 3.52. The van der Waals surface area contributed by atoms with Crippen molar-refractivity contribution in [1.82, 2.24) is 9.80 Å². The lowest BCUT2D eigenvalue weighted by atomic mass is 10.1. The second-order valence-corrected chi connectivity index (χ2v) is 6.75. The largest absolute Gasteiger partial charge is 0.334 e. The standard InChI is InChI=1S/C19H28N2O/c1-2-6-16-8-10-17(11-9-16)19(22)21-14-5-7-18(21)15-20-12-3-4-13-20/h8-11,18H,2-7,12-15H2,1H3/t18-/m0/s1. The van der Waals surface area contributed by atoms with Gasteiger partial charge in [-0.05, 0) is 62.9 Å². The van der Waals surface area contributed by atoms with E-state index >= 15 is 0 Å². The molecule has 1 aromatic rings. The summed E-state index contributed by atoms with van der Waals surface area (Å²) in [5.74, 6) is 0.227. The maximum absolute atomic E-state index is 12.8. The molecule has 2 saturated heterocycles. The summed E-state index contributed by atoms with van der Waals surface area (Å²) in [6.45, 7) is 6.61. The lowest BCUT2D eigenvalue weighted by molar-refractivity contribution is 0.0709. The highest BCUT2D eigenvalue weighted by Crippen LogP contribution is 2.22. The summed E-state index contributed by atoms with van der Waals surface area (Å²) in [5, 5.41) is 0. The first-order valence-corrected chi connectivity index (χ1v) is 8.90. The van der Waals surface area contributed by atoms with Gasteiger partial charge in [0.05, 0.1) is 0 Å². The maximum atomic E-state index is 12.8. The molecule has 0 saturated carbocycles. The van der Waals surface area contributed by atoms with Crippen molar-refractivity contribution in [2.24, 2.45) is 0 Å². The smallest absolute Gasteiger partial charge is 0.254 e. The van der Waals surface area contributed by atoms with Crippen LogP contribution in [0.2, 0.25) is 0 Å². The number of carbonyl (C=O) groups is 1. The molecule has 1 aromatic carbocycles. The van der Waals surface area contributed by atoms with E-state index in [0.717, 1.165) is 44.3 Å². The molecule has 0 bridgehead atoms. The average molecular weight is 300 g/mol. The molecule has 0 aromatic heterocycles. The highest BCUT2D eigenvalue weighted by atomic mass is 16.2. The van der Waals surface area contributed by atoms with Gasteiger partial charge in [-0.2, -0.15) is 0 Å². The molecule has 22 heavy (non-hydrogen) atoms. The highest BCUT2D eigenvalue weighted by molar-refractivity contribution is 5.94. The Morgan fingerprint density at radius 2 is 1.82 bits per heavy atom. The van der Waals surface area contributed by atoms with Crippen molar-refractivity contribution < 1.29 is 4.79 Å². The zero-order valence-electron chi connectivity index (χ0n) is 13.8. The van der Waals surface area contributed by atoms with Gasteiger partial charge in [0.15, 0.2) is 0 Å². The van der Waals surface area contributed by atoms with Crippen molar-refractivity contribution in [3.05, 3.63) is 35.4 Å².